The number of hydrogen-bond acceptors (Lipinski definition) is 7. The number of halogens is 3. The van der Waals surface area contributed by atoms with E-state index >= 15 is 0 Å². The van der Waals surface area contributed by atoms with Gasteiger partial charge in [-0.1, -0.05) is 42.5 Å². The highest BCUT2D eigenvalue weighted by atomic mass is 32.2. The van der Waals surface area contributed by atoms with Crippen molar-refractivity contribution in [2.24, 2.45) is 0 Å². The third kappa shape index (κ3) is 8.17. The molecule has 2 aromatic carbocycles. The summed E-state index contributed by atoms with van der Waals surface area (Å²) in [6, 6.07) is 17.2. The zero-order chi connectivity index (χ0) is 30.2. The molecule has 42 heavy (non-hydrogen) atoms. The van der Waals surface area contributed by atoms with Crippen molar-refractivity contribution in [1.29, 1.82) is 0 Å². The maximum Gasteiger partial charge on any atom is 0.433 e. The van der Waals surface area contributed by atoms with Gasteiger partial charge in [0.05, 0.1) is 12.7 Å². The van der Waals surface area contributed by atoms with Crippen LogP contribution in [0.25, 0.3) is 0 Å². The Bertz CT molecular complexity index is 1450. The van der Waals surface area contributed by atoms with Crippen molar-refractivity contribution in [3.8, 4) is 5.75 Å². The molecule has 1 amide bonds. The molecule has 4 N–H and O–H groups in total. The number of aromatic nitrogens is 2. The minimum Gasteiger partial charge on any atom is -0.496 e. The molecule has 1 saturated carbocycles. The van der Waals surface area contributed by atoms with Crippen LogP contribution in [0.4, 0.5) is 19.1 Å². The van der Waals surface area contributed by atoms with Gasteiger partial charge in [0.2, 0.25) is 5.95 Å². The molecule has 1 fully saturated rings. The fraction of sp³-hybridized carbons (Fsp3) is 0.393. The van der Waals surface area contributed by atoms with Gasteiger partial charge < -0.3 is 15.4 Å². The Morgan fingerprint density at radius 2 is 1.71 bits per heavy atom. The number of rotatable bonds is 12. The Labute approximate surface area is 242 Å². The fourth-order valence-electron chi connectivity index (χ4n) is 5.05. The smallest absolute Gasteiger partial charge is 0.433 e. The number of alkyl halides is 3. The molecule has 0 unspecified atom stereocenters. The summed E-state index contributed by atoms with van der Waals surface area (Å²) in [6.07, 6.45) is -1.29. The molecule has 3 aromatic rings. The average Bonchev–Trinajstić information content (AvgIpc) is 2.99. The summed E-state index contributed by atoms with van der Waals surface area (Å²) in [6.45, 7) is 0.259. The highest BCUT2D eigenvalue weighted by Crippen LogP contribution is 2.39. The summed E-state index contributed by atoms with van der Waals surface area (Å²) in [5.41, 5.74) is 0.0198. The van der Waals surface area contributed by atoms with E-state index in [1.165, 1.54) is 7.11 Å². The minimum absolute atomic E-state index is 0.0180. The summed E-state index contributed by atoms with van der Waals surface area (Å²) in [4.78, 5) is 20.1. The number of amides is 1. The van der Waals surface area contributed by atoms with Crippen LogP contribution < -0.4 is 24.8 Å². The maximum atomic E-state index is 13.0. The number of para-hydroxylation sites is 1. The molecule has 0 atom stereocenters. The number of nitrogens with zero attached hydrogens (tertiary/aromatic N) is 2. The first kappa shape index (κ1) is 31.2. The zero-order valence-corrected chi connectivity index (χ0v) is 23.8. The lowest BCUT2D eigenvalue weighted by atomic mass is 9.68. The summed E-state index contributed by atoms with van der Waals surface area (Å²) in [5, 5.41) is 5.64. The number of methoxy groups -OCH3 is 1. The Kier molecular flexibility index (Phi) is 10.0. The first-order valence-electron chi connectivity index (χ1n) is 13.4. The highest BCUT2D eigenvalue weighted by molar-refractivity contribution is 7.87. The second-order valence-electron chi connectivity index (χ2n) is 10.0. The van der Waals surface area contributed by atoms with Gasteiger partial charge in [-0.25, -0.2) is 14.7 Å². The van der Waals surface area contributed by atoms with Crippen LogP contribution in [0.3, 0.4) is 0 Å². The zero-order valence-electron chi connectivity index (χ0n) is 22.9. The van der Waals surface area contributed by atoms with Crippen LogP contribution in [0.2, 0.25) is 0 Å². The van der Waals surface area contributed by atoms with Gasteiger partial charge in [-0.3, -0.25) is 4.79 Å². The lowest BCUT2D eigenvalue weighted by Crippen LogP contribution is -2.49. The predicted molar refractivity (Wildman–Crippen MR) is 151 cm³/mol. The molecule has 0 bridgehead atoms. The third-order valence-electron chi connectivity index (χ3n) is 7.24. The van der Waals surface area contributed by atoms with Crippen molar-refractivity contribution in [2.45, 2.75) is 43.3 Å². The van der Waals surface area contributed by atoms with Crippen LogP contribution in [0.1, 0.15) is 47.3 Å². The van der Waals surface area contributed by atoms with E-state index in [0.29, 0.717) is 43.5 Å². The van der Waals surface area contributed by atoms with E-state index in [9.17, 15) is 26.4 Å². The van der Waals surface area contributed by atoms with E-state index in [0.717, 1.165) is 17.8 Å². The normalized spacial score (nSPS) is 19.2. The van der Waals surface area contributed by atoms with Gasteiger partial charge in [0, 0.05) is 37.3 Å². The number of nitrogens with one attached hydrogen (secondary N) is 4. The van der Waals surface area contributed by atoms with E-state index in [2.05, 4.69) is 30.0 Å². The van der Waals surface area contributed by atoms with Crippen molar-refractivity contribution >= 4 is 22.1 Å². The Hall–Kier alpha value is -3.75. The standard InChI is InChI=1S/C28H33F3N6O4S/c1-41-23-10-6-5-9-22(23)25(38)34-19-27(20-7-3-2-4-8-20)14-11-21(12-15-27)37-42(39,40)35-18-17-33-26-32-16-13-24(36-26)28(29,30)31/h2-10,13,16,21,35,37H,11-12,14-15,17-19H2,1H3,(H,34,38)(H,32,33,36). The van der Waals surface area contributed by atoms with Gasteiger partial charge in [0.15, 0.2) is 0 Å². The van der Waals surface area contributed by atoms with Crippen LogP contribution in [0.5, 0.6) is 5.75 Å². The predicted octanol–water partition coefficient (Wildman–Crippen LogP) is 3.65. The summed E-state index contributed by atoms with van der Waals surface area (Å²) in [5.74, 6) is -0.0230. The molecule has 1 aromatic heterocycles. The number of benzene rings is 2. The average molecular weight is 607 g/mol. The van der Waals surface area contributed by atoms with Crippen LogP contribution >= 0.6 is 0 Å². The molecular weight excluding hydrogens is 573 g/mol. The molecule has 1 heterocycles. The van der Waals surface area contributed by atoms with Crippen molar-refractivity contribution < 1.29 is 31.1 Å². The highest BCUT2D eigenvalue weighted by Gasteiger charge is 2.38. The second-order valence-corrected chi connectivity index (χ2v) is 11.5. The largest absolute Gasteiger partial charge is 0.496 e. The van der Waals surface area contributed by atoms with Gasteiger partial charge in [-0.15, -0.1) is 0 Å². The molecule has 1 aliphatic rings. The molecule has 14 heteroatoms. The number of ether oxygens (including phenoxy) is 1. The summed E-state index contributed by atoms with van der Waals surface area (Å²) < 4.78 is 74.1. The number of hydrogen-bond donors (Lipinski definition) is 4. The Morgan fingerprint density at radius 3 is 2.40 bits per heavy atom. The number of carbonyl (C=O) groups excluding carboxylic acids is 1. The molecule has 0 spiro atoms. The summed E-state index contributed by atoms with van der Waals surface area (Å²) in [7, 11) is -2.37. The van der Waals surface area contributed by atoms with E-state index in [1.54, 1.807) is 24.3 Å². The lowest BCUT2D eigenvalue weighted by Gasteiger charge is -2.41. The van der Waals surface area contributed by atoms with E-state index in [4.69, 9.17) is 4.74 Å². The SMILES string of the molecule is COc1ccccc1C(=O)NCC1(c2ccccc2)CCC(NS(=O)(=O)NCCNc2nccc(C(F)(F)F)n2)CC1. The monoisotopic (exact) mass is 606 g/mol. The van der Waals surface area contributed by atoms with Gasteiger partial charge in [-0.05, 0) is 49.4 Å². The molecule has 4 rings (SSSR count). The van der Waals surface area contributed by atoms with Gasteiger partial charge >= 0.3 is 6.18 Å². The van der Waals surface area contributed by atoms with Gasteiger partial charge in [-0.2, -0.15) is 26.3 Å². The first-order valence-corrected chi connectivity index (χ1v) is 14.9. The molecule has 0 saturated heterocycles. The molecule has 0 radical (unpaired) electrons. The van der Waals surface area contributed by atoms with Crippen LogP contribution in [0.15, 0.2) is 66.9 Å². The Balaban J connectivity index is 1.31. The van der Waals surface area contributed by atoms with Gasteiger partial charge in [0.1, 0.15) is 11.4 Å². The van der Waals surface area contributed by atoms with E-state index in [-0.39, 0.29) is 36.4 Å². The van der Waals surface area contributed by atoms with E-state index in [1.807, 2.05) is 30.3 Å². The Morgan fingerprint density at radius 1 is 1.02 bits per heavy atom. The lowest BCUT2D eigenvalue weighted by molar-refractivity contribution is -0.141. The molecular formula is C28H33F3N6O4S. The second kappa shape index (κ2) is 13.5. The number of anilines is 1. The molecule has 1 aliphatic carbocycles. The topological polar surface area (TPSA) is 134 Å². The van der Waals surface area contributed by atoms with Crippen molar-refractivity contribution in [3.63, 3.8) is 0 Å². The van der Waals surface area contributed by atoms with Crippen molar-refractivity contribution in [3.05, 3.63) is 83.7 Å². The van der Waals surface area contributed by atoms with Gasteiger partial charge in [0.25, 0.3) is 16.1 Å². The van der Waals surface area contributed by atoms with Crippen molar-refractivity contribution in [2.75, 3.05) is 32.1 Å². The molecule has 0 aliphatic heterocycles. The molecule has 10 nitrogen and oxygen atoms in total. The number of carbonyl (C=O) groups is 1. The quantitative estimate of drug-likeness (QED) is 0.231. The van der Waals surface area contributed by atoms with E-state index < -0.39 is 22.1 Å². The third-order valence-corrected chi connectivity index (χ3v) is 8.46. The van der Waals surface area contributed by atoms with Crippen LogP contribution in [-0.2, 0) is 21.8 Å². The summed E-state index contributed by atoms with van der Waals surface area (Å²) >= 11 is 0. The first-order chi connectivity index (χ1) is 20.0. The molecule has 226 valence electrons. The van der Waals surface area contributed by atoms with Crippen molar-refractivity contribution in [1.82, 2.24) is 24.7 Å². The van der Waals surface area contributed by atoms with Crippen LogP contribution in [0, 0.1) is 0 Å². The fourth-order valence-corrected chi connectivity index (χ4v) is 6.18. The maximum absolute atomic E-state index is 13.0. The van der Waals surface area contributed by atoms with Crippen LogP contribution in [-0.4, -0.2) is 57.1 Å². The minimum atomic E-state index is -4.61.